The number of para-hydroxylation sites is 2. The Morgan fingerprint density at radius 1 is 0.897 bits per heavy atom. The van der Waals surface area contributed by atoms with Crippen molar-refractivity contribution < 1.29 is 36.3 Å². The first-order valence-electron chi connectivity index (χ1n) is 11.2. The number of sulfonamides is 1. The van der Waals surface area contributed by atoms with Gasteiger partial charge in [0, 0.05) is 5.56 Å². The Balaban J connectivity index is 1.83. The van der Waals surface area contributed by atoms with Crippen molar-refractivity contribution in [1.29, 1.82) is 5.41 Å². The van der Waals surface area contributed by atoms with Gasteiger partial charge in [0.15, 0.2) is 0 Å². The molecule has 1 aliphatic heterocycles. The maximum Gasteiger partial charge on any atom is 0.265 e. The third-order valence-corrected chi connectivity index (χ3v) is 7.02. The quantitative estimate of drug-likeness (QED) is 0.0737. The second-order valence-electron chi connectivity index (χ2n) is 9.01. The van der Waals surface area contributed by atoms with Gasteiger partial charge in [-0.2, -0.15) is 0 Å². The number of carbonyl (C=O) groups excluding carboxylic acids is 2. The Hall–Kier alpha value is -4.49. The van der Waals surface area contributed by atoms with Crippen LogP contribution in [0.1, 0.15) is 34.6 Å². The number of aliphatic hydroxyl groups is 1. The van der Waals surface area contributed by atoms with E-state index in [1.54, 1.807) is 29.0 Å². The van der Waals surface area contributed by atoms with Crippen molar-refractivity contribution in [3.05, 3.63) is 101 Å². The topological polar surface area (TPSA) is 148 Å². The van der Waals surface area contributed by atoms with E-state index in [0.29, 0.717) is 35.6 Å². The molecule has 1 heterocycles. The molecule has 4 rings (SSSR count). The van der Waals surface area contributed by atoms with Crippen LogP contribution in [0.25, 0.3) is 0 Å². The predicted octanol–water partition coefficient (Wildman–Crippen LogP) is 3.95. The lowest BCUT2D eigenvalue weighted by Crippen LogP contribution is -2.44. The van der Waals surface area contributed by atoms with E-state index in [-0.39, 0.29) is 5.82 Å². The molecule has 0 saturated carbocycles. The Kier molecular flexibility index (Phi) is 7.06. The first-order valence-corrected chi connectivity index (χ1v) is 12.7. The summed E-state index contributed by atoms with van der Waals surface area (Å²) in [5.74, 6) is -6.76. The summed E-state index contributed by atoms with van der Waals surface area (Å²) >= 11 is 0. The Labute approximate surface area is 220 Å². The molecule has 0 spiro atoms. The van der Waals surface area contributed by atoms with E-state index in [1.165, 1.54) is 0 Å². The van der Waals surface area contributed by atoms with E-state index in [4.69, 9.17) is 5.41 Å². The van der Waals surface area contributed by atoms with Crippen LogP contribution in [0.2, 0.25) is 0 Å². The number of allylic oxidation sites excluding steroid dienone is 1. The molecule has 1 aliphatic rings. The fraction of sp³-hybridized carbons (Fsp3) is 0.115. The lowest BCUT2D eigenvalue weighted by atomic mass is 9.95. The van der Waals surface area contributed by atoms with Gasteiger partial charge in [-0.05, 0) is 62.4 Å². The molecule has 0 unspecified atom stereocenters. The van der Waals surface area contributed by atoms with Gasteiger partial charge in [0.1, 0.15) is 45.2 Å². The zero-order valence-electron chi connectivity index (χ0n) is 20.4. The number of rotatable bonds is 7. The highest BCUT2D eigenvalue weighted by atomic mass is 32.2. The largest absolute Gasteiger partial charge is 0.383 e. The zero-order valence-corrected chi connectivity index (χ0v) is 21.2. The molecule has 0 amide bonds. The minimum Gasteiger partial charge on any atom is -0.383 e. The Bertz CT molecular complexity index is 1650. The summed E-state index contributed by atoms with van der Waals surface area (Å²) in [5.41, 5.74) is -2.95. The number of fused-ring (bicyclic) bond motifs is 1. The van der Waals surface area contributed by atoms with Crippen LogP contribution >= 0.6 is 0 Å². The highest BCUT2D eigenvalue weighted by Gasteiger charge is 2.33. The van der Waals surface area contributed by atoms with E-state index in [9.17, 15) is 36.3 Å². The van der Waals surface area contributed by atoms with Gasteiger partial charge < -0.3 is 15.7 Å². The van der Waals surface area contributed by atoms with Crippen LogP contribution in [0.15, 0.2) is 77.0 Å². The molecular weight excluding hydrogens is 537 g/mol. The van der Waals surface area contributed by atoms with E-state index in [1.807, 2.05) is 0 Å². The Morgan fingerprint density at radius 2 is 1.49 bits per heavy atom. The number of carbonyl (C=O) groups is 2. The van der Waals surface area contributed by atoms with Crippen LogP contribution in [0.4, 0.5) is 24.5 Å². The number of Topliss-reactive ketones (excluding diaryl/α,β-unsaturated/α-hetero) is 2. The molecule has 0 saturated heterocycles. The van der Waals surface area contributed by atoms with Crippen molar-refractivity contribution in [2.75, 3.05) is 10.6 Å². The van der Waals surface area contributed by atoms with Crippen molar-refractivity contribution in [1.82, 2.24) is 4.72 Å². The van der Waals surface area contributed by atoms with Gasteiger partial charge in [-0.1, -0.05) is 12.1 Å². The first kappa shape index (κ1) is 27.5. The second-order valence-corrected chi connectivity index (χ2v) is 10.7. The fourth-order valence-electron chi connectivity index (χ4n) is 3.57. The first-order chi connectivity index (χ1) is 18.2. The molecule has 3 aromatic carbocycles. The highest BCUT2D eigenvalue weighted by molar-refractivity contribution is 7.90. The molecule has 0 aromatic heterocycles. The number of amidine groups is 1. The summed E-state index contributed by atoms with van der Waals surface area (Å²) in [6, 6.07) is 10.9. The van der Waals surface area contributed by atoms with Gasteiger partial charge in [0.05, 0.1) is 16.9 Å². The molecule has 5 N–H and O–H groups in total. The monoisotopic (exact) mass is 558 g/mol. The smallest absolute Gasteiger partial charge is 0.265 e. The molecule has 0 radical (unpaired) electrons. The average Bonchev–Trinajstić information content (AvgIpc) is 3.28. The van der Waals surface area contributed by atoms with Crippen LogP contribution in [0.3, 0.4) is 0 Å². The van der Waals surface area contributed by atoms with E-state index < -0.39 is 72.1 Å². The number of hydrogen-bond donors (Lipinski definition) is 5. The molecule has 3 aromatic rings. The normalized spacial score (nSPS) is 12.7. The van der Waals surface area contributed by atoms with Crippen molar-refractivity contribution in [3.63, 3.8) is 0 Å². The molecule has 0 aliphatic carbocycles. The van der Waals surface area contributed by atoms with Crippen LogP contribution in [-0.4, -0.2) is 36.5 Å². The van der Waals surface area contributed by atoms with E-state index in [2.05, 4.69) is 10.6 Å². The van der Waals surface area contributed by atoms with Gasteiger partial charge in [0.25, 0.3) is 10.0 Å². The van der Waals surface area contributed by atoms with E-state index >= 15 is 0 Å². The zero-order chi connectivity index (χ0) is 28.7. The number of ketones is 2. The maximum atomic E-state index is 14.6. The van der Waals surface area contributed by atoms with E-state index in [0.717, 1.165) is 26.0 Å². The van der Waals surface area contributed by atoms with Crippen LogP contribution in [0, 0.1) is 22.9 Å². The van der Waals surface area contributed by atoms with Crippen molar-refractivity contribution in [3.8, 4) is 0 Å². The summed E-state index contributed by atoms with van der Waals surface area (Å²) in [7, 11) is -4.81. The van der Waals surface area contributed by atoms with Gasteiger partial charge in [0.2, 0.25) is 11.6 Å². The van der Waals surface area contributed by atoms with Crippen molar-refractivity contribution >= 4 is 38.8 Å². The summed E-state index contributed by atoms with van der Waals surface area (Å²) in [4.78, 5) is 26.1. The fourth-order valence-corrected chi connectivity index (χ4v) is 4.81. The minimum atomic E-state index is -4.81. The molecule has 9 nitrogen and oxygen atoms in total. The molecule has 13 heteroatoms. The Morgan fingerprint density at radius 3 is 2.08 bits per heavy atom. The summed E-state index contributed by atoms with van der Waals surface area (Å²) < 4.78 is 70.4. The molecule has 202 valence electrons. The number of benzene rings is 3. The minimum absolute atomic E-state index is 0.189. The third-order valence-electron chi connectivity index (χ3n) is 5.65. The average molecular weight is 559 g/mol. The lowest BCUT2D eigenvalue weighted by Gasteiger charge is -2.20. The standard InChI is InChI=1S/C26H21F3N4O5S/c1-26(2,36)25(30)33-39(37,38)20-11-13(7-9-17(20)29)22(34)21(23(35)15-12-14(27)8-10-16(15)28)24-31-18-5-3-4-6-19(18)32-24/h3-12,31-32,36H,1-2H3,(H2,30,33). The van der Waals surface area contributed by atoms with Gasteiger partial charge >= 0.3 is 0 Å². The molecule has 0 fully saturated rings. The van der Waals surface area contributed by atoms with Crippen molar-refractivity contribution in [2.24, 2.45) is 0 Å². The predicted molar refractivity (Wildman–Crippen MR) is 136 cm³/mol. The second kappa shape index (κ2) is 10.0. The number of hydrogen-bond acceptors (Lipinski definition) is 8. The molecule has 0 atom stereocenters. The summed E-state index contributed by atoms with van der Waals surface area (Å²) in [6.45, 7) is 2.26. The van der Waals surface area contributed by atoms with Gasteiger partial charge in [-0.3, -0.25) is 19.7 Å². The molecule has 39 heavy (non-hydrogen) atoms. The lowest BCUT2D eigenvalue weighted by molar-refractivity contribution is 0.0958. The molecule has 0 bridgehead atoms. The summed E-state index contributed by atoms with van der Waals surface area (Å²) in [6.07, 6.45) is 0. The summed E-state index contributed by atoms with van der Waals surface area (Å²) in [5, 5.41) is 23.2. The number of nitrogens with one attached hydrogen (secondary N) is 4. The number of anilines is 2. The van der Waals surface area contributed by atoms with Crippen molar-refractivity contribution in [2.45, 2.75) is 24.3 Å². The third kappa shape index (κ3) is 5.54. The van der Waals surface area contributed by atoms with Gasteiger partial charge in [-0.25, -0.2) is 21.6 Å². The SMILES string of the molecule is CC(C)(O)C(=N)NS(=O)(=O)c1cc(C(=O)C(C(=O)c2cc(F)ccc2F)=C2Nc3ccccc3N2)ccc1F. The van der Waals surface area contributed by atoms with Crippen LogP contribution < -0.4 is 15.4 Å². The highest BCUT2D eigenvalue weighted by Crippen LogP contribution is 2.33. The van der Waals surface area contributed by atoms with Crippen LogP contribution in [-0.2, 0) is 10.0 Å². The number of halogens is 3. The van der Waals surface area contributed by atoms with Gasteiger partial charge in [-0.15, -0.1) is 0 Å². The molecular formula is C26H21F3N4O5S. The van der Waals surface area contributed by atoms with Crippen LogP contribution in [0.5, 0.6) is 0 Å². The maximum absolute atomic E-state index is 14.6.